The zero-order valence-corrected chi connectivity index (χ0v) is 13.4. The van der Waals surface area contributed by atoms with Crippen LogP contribution in [-0.4, -0.2) is 61.5 Å². The second-order valence-electron chi connectivity index (χ2n) is 5.39. The van der Waals surface area contributed by atoms with Crippen LogP contribution in [0.2, 0.25) is 0 Å². The summed E-state index contributed by atoms with van der Waals surface area (Å²) in [6.07, 6.45) is 3.52. The van der Waals surface area contributed by atoms with Gasteiger partial charge in [0.15, 0.2) is 5.03 Å². The molecule has 0 spiro atoms. The summed E-state index contributed by atoms with van der Waals surface area (Å²) < 4.78 is 26.4. The number of aromatic nitrogens is 2. The van der Waals surface area contributed by atoms with Gasteiger partial charge in [-0.3, -0.25) is 5.10 Å². The van der Waals surface area contributed by atoms with E-state index in [0.29, 0.717) is 18.0 Å². The third kappa shape index (κ3) is 3.33. The lowest BCUT2D eigenvalue weighted by Crippen LogP contribution is -2.38. The molecule has 1 saturated heterocycles. The number of rotatable bonds is 5. The number of H-pyrrole nitrogens is 1. The summed E-state index contributed by atoms with van der Waals surface area (Å²) in [6.45, 7) is 2.59. The fourth-order valence-electron chi connectivity index (χ4n) is 2.48. The van der Waals surface area contributed by atoms with Crippen LogP contribution in [0.1, 0.15) is 18.4 Å². The van der Waals surface area contributed by atoms with E-state index in [1.165, 1.54) is 10.5 Å². The van der Waals surface area contributed by atoms with Gasteiger partial charge in [-0.2, -0.15) is 9.40 Å². The van der Waals surface area contributed by atoms with E-state index in [0.717, 1.165) is 25.9 Å². The van der Waals surface area contributed by atoms with Crippen molar-refractivity contribution in [2.24, 2.45) is 5.92 Å². The Kier molecular flexibility index (Phi) is 5.06. The molecule has 6 nitrogen and oxygen atoms in total. The van der Waals surface area contributed by atoms with Crippen molar-refractivity contribution in [2.45, 2.75) is 23.7 Å². The number of nitrogens with one attached hydrogen (secondary N) is 1. The van der Waals surface area contributed by atoms with Crippen molar-refractivity contribution in [1.82, 2.24) is 19.4 Å². The lowest BCUT2D eigenvalue weighted by atomic mass is 9.97. The highest BCUT2D eigenvalue weighted by molar-refractivity contribution is 7.89. The quantitative estimate of drug-likeness (QED) is 0.825. The van der Waals surface area contributed by atoms with Crippen LogP contribution in [0.5, 0.6) is 0 Å². The molecule has 1 fully saturated rings. The molecule has 0 aromatic carbocycles. The molecule has 0 saturated carbocycles. The number of sulfonamides is 1. The second-order valence-corrected chi connectivity index (χ2v) is 7.64. The third-order valence-corrected chi connectivity index (χ3v) is 5.97. The highest BCUT2D eigenvalue weighted by Gasteiger charge is 2.28. The standard InChI is InChI=1S/C12H21ClN4O2S/c1-16-5-3-10(4-6-16)9-17(2)20(18,19)12-11(7-13)8-14-15-12/h8,10H,3-7,9H2,1-2H3,(H,14,15). The van der Waals surface area contributed by atoms with E-state index in [1.807, 2.05) is 0 Å². The molecule has 2 rings (SSSR count). The molecule has 0 atom stereocenters. The monoisotopic (exact) mass is 320 g/mol. The highest BCUT2D eigenvalue weighted by Crippen LogP contribution is 2.22. The molecule has 8 heteroatoms. The predicted octanol–water partition coefficient (Wildman–Crippen LogP) is 1.11. The van der Waals surface area contributed by atoms with Crippen molar-refractivity contribution in [3.05, 3.63) is 11.8 Å². The Morgan fingerprint density at radius 2 is 2.15 bits per heavy atom. The number of piperidine rings is 1. The molecule has 0 amide bonds. The molecule has 2 heterocycles. The molecular formula is C12H21ClN4O2S. The van der Waals surface area contributed by atoms with E-state index in [1.54, 1.807) is 7.05 Å². The normalized spacial score (nSPS) is 18.8. The Labute approximate surface area is 125 Å². The molecule has 1 aliphatic heterocycles. The van der Waals surface area contributed by atoms with Gasteiger partial charge in [-0.25, -0.2) is 8.42 Å². The van der Waals surface area contributed by atoms with E-state index < -0.39 is 10.0 Å². The molecule has 1 aliphatic rings. The van der Waals surface area contributed by atoms with Gasteiger partial charge >= 0.3 is 0 Å². The zero-order chi connectivity index (χ0) is 14.8. The van der Waals surface area contributed by atoms with Gasteiger partial charge in [-0.05, 0) is 38.9 Å². The molecule has 20 heavy (non-hydrogen) atoms. The first-order valence-electron chi connectivity index (χ1n) is 6.68. The molecule has 0 aliphatic carbocycles. The van der Waals surface area contributed by atoms with Crippen molar-refractivity contribution in [3.63, 3.8) is 0 Å². The van der Waals surface area contributed by atoms with E-state index in [2.05, 4.69) is 22.1 Å². The highest BCUT2D eigenvalue weighted by atomic mass is 35.5. The number of aromatic amines is 1. The van der Waals surface area contributed by atoms with Gasteiger partial charge in [0.25, 0.3) is 10.0 Å². The van der Waals surface area contributed by atoms with E-state index in [4.69, 9.17) is 11.6 Å². The van der Waals surface area contributed by atoms with E-state index in [-0.39, 0.29) is 10.9 Å². The molecule has 1 aromatic rings. The first-order chi connectivity index (χ1) is 9.45. The van der Waals surface area contributed by atoms with Crippen molar-refractivity contribution < 1.29 is 8.42 Å². The summed E-state index contributed by atoms with van der Waals surface area (Å²) >= 11 is 5.74. The smallest absolute Gasteiger partial charge is 0.260 e. The van der Waals surface area contributed by atoms with Gasteiger partial charge in [-0.1, -0.05) is 0 Å². The molecule has 1 N–H and O–H groups in total. The van der Waals surface area contributed by atoms with Crippen LogP contribution < -0.4 is 0 Å². The van der Waals surface area contributed by atoms with Gasteiger partial charge < -0.3 is 4.90 Å². The van der Waals surface area contributed by atoms with Gasteiger partial charge in [0.05, 0.1) is 12.1 Å². The first kappa shape index (κ1) is 15.8. The van der Waals surface area contributed by atoms with Gasteiger partial charge in [-0.15, -0.1) is 11.6 Å². The Morgan fingerprint density at radius 1 is 1.50 bits per heavy atom. The minimum absolute atomic E-state index is 0.114. The summed E-state index contributed by atoms with van der Waals surface area (Å²) in [6, 6.07) is 0. The maximum absolute atomic E-state index is 12.5. The average molecular weight is 321 g/mol. The molecule has 0 unspecified atom stereocenters. The predicted molar refractivity (Wildman–Crippen MR) is 78.2 cm³/mol. The summed E-state index contributed by atoms with van der Waals surface area (Å²) in [5, 5.41) is 6.44. The Balaban J connectivity index is 2.06. The number of hydrogen-bond acceptors (Lipinski definition) is 4. The topological polar surface area (TPSA) is 69.3 Å². The Morgan fingerprint density at radius 3 is 2.75 bits per heavy atom. The number of alkyl halides is 1. The summed E-state index contributed by atoms with van der Waals surface area (Å²) in [4.78, 5) is 2.27. The van der Waals surface area contributed by atoms with E-state index >= 15 is 0 Å². The number of hydrogen-bond donors (Lipinski definition) is 1. The van der Waals surface area contributed by atoms with Crippen LogP contribution in [0.3, 0.4) is 0 Å². The maximum Gasteiger partial charge on any atom is 0.260 e. The summed E-state index contributed by atoms with van der Waals surface area (Å²) in [5.41, 5.74) is 0.516. The maximum atomic E-state index is 12.5. The third-order valence-electron chi connectivity index (χ3n) is 3.84. The zero-order valence-electron chi connectivity index (χ0n) is 11.8. The molecule has 0 bridgehead atoms. The van der Waals surface area contributed by atoms with Crippen LogP contribution in [0, 0.1) is 5.92 Å². The van der Waals surface area contributed by atoms with E-state index in [9.17, 15) is 8.42 Å². The number of likely N-dealkylation sites (tertiary alicyclic amines) is 1. The van der Waals surface area contributed by atoms with Crippen LogP contribution in [0.15, 0.2) is 11.2 Å². The molecule has 0 radical (unpaired) electrons. The van der Waals surface area contributed by atoms with Gasteiger partial charge in [0.1, 0.15) is 0 Å². The number of halogens is 1. The van der Waals surface area contributed by atoms with Crippen LogP contribution in [-0.2, 0) is 15.9 Å². The average Bonchev–Trinajstić information content (AvgIpc) is 2.90. The van der Waals surface area contributed by atoms with Crippen LogP contribution in [0.25, 0.3) is 0 Å². The Hall–Kier alpha value is -0.630. The summed E-state index contributed by atoms with van der Waals surface area (Å²) in [7, 11) is 0.175. The molecule has 1 aromatic heterocycles. The fourth-order valence-corrected chi connectivity index (χ4v) is 4.10. The van der Waals surface area contributed by atoms with Crippen molar-refractivity contribution >= 4 is 21.6 Å². The minimum Gasteiger partial charge on any atom is -0.306 e. The molecule has 114 valence electrons. The lowest BCUT2D eigenvalue weighted by Gasteiger charge is -2.31. The van der Waals surface area contributed by atoms with Crippen molar-refractivity contribution in [3.8, 4) is 0 Å². The Bertz CT molecular complexity index is 537. The first-order valence-corrected chi connectivity index (χ1v) is 8.65. The minimum atomic E-state index is -3.53. The van der Waals surface area contributed by atoms with Crippen molar-refractivity contribution in [2.75, 3.05) is 33.7 Å². The fraction of sp³-hybridized carbons (Fsp3) is 0.750. The summed E-state index contributed by atoms with van der Waals surface area (Å²) in [5.74, 6) is 0.543. The van der Waals surface area contributed by atoms with Crippen LogP contribution >= 0.6 is 11.6 Å². The molecular weight excluding hydrogens is 300 g/mol. The number of nitrogens with zero attached hydrogens (tertiary/aromatic N) is 3. The second kappa shape index (κ2) is 6.43. The van der Waals surface area contributed by atoms with Gasteiger partial charge in [0, 0.05) is 19.2 Å². The van der Waals surface area contributed by atoms with Gasteiger partial charge in [0.2, 0.25) is 0 Å². The lowest BCUT2D eigenvalue weighted by molar-refractivity contribution is 0.202. The largest absolute Gasteiger partial charge is 0.306 e. The van der Waals surface area contributed by atoms with Crippen LogP contribution in [0.4, 0.5) is 0 Å². The van der Waals surface area contributed by atoms with Crippen molar-refractivity contribution in [1.29, 1.82) is 0 Å². The SMILES string of the molecule is CN1CCC(CN(C)S(=O)(=O)c2[nH]ncc2CCl)CC1.